The average Bonchev–Trinajstić information content (AvgIpc) is 3.09. The molecule has 2 heterocycles. The monoisotopic (exact) mass is 235 g/mol. The minimum Gasteiger partial charge on any atom is -0.360 e. The van der Waals surface area contributed by atoms with E-state index < -0.39 is 0 Å². The van der Waals surface area contributed by atoms with Gasteiger partial charge in [0.15, 0.2) is 5.78 Å². The topological polar surface area (TPSA) is 61.5 Å². The quantitative estimate of drug-likeness (QED) is 0.532. The van der Waals surface area contributed by atoms with Crippen molar-refractivity contribution in [3.8, 4) is 22.6 Å². The van der Waals surface area contributed by atoms with Crippen molar-refractivity contribution in [2.45, 2.75) is 0 Å². The normalized spacial score (nSPS) is 12.6. The lowest BCUT2D eigenvalue weighted by molar-refractivity contribution is 0.104. The first-order valence-electron chi connectivity index (χ1n) is 5.72. The summed E-state index contributed by atoms with van der Waals surface area (Å²) in [5, 5.41) is 7.23. The molecule has 0 amide bonds. The Morgan fingerprint density at radius 2 is 1.83 bits per heavy atom. The molecule has 0 saturated carbocycles. The van der Waals surface area contributed by atoms with Gasteiger partial charge < -0.3 is 4.98 Å². The number of hydrogen-bond donors (Lipinski definition) is 2. The molecule has 0 radical (unpaired) electrons. The minimum atomic E-state index is 0.0407. The highest BCUT2D eigenvalue weighted by atomic mass is 16.1. The Balaban J connectivity index is 2.01. The van der Waals surface area contributed by atoms with E-state index in [1.54, 1.807) is 0 Å². The van der Waals surface area contributed by atoms with Gasteiger partial charge >= 0.3 is 0 Å². The molecule has 1 aromatic carbocycles. The second kappa shape index (κ2) is 3.20. The van der Waals surface area contributed by atoms with Gasteiger partial charge in [-0.25, -0.2) is 0 Å². The van der Waals surface area contributed by atoms with Gasteiger partial charge in [-0.2, -0.15) is 5.10 Å². The molecule has 2 aromatic heterocycles. The molecule has 3 aromatic rings. The Kier molecular flexibility index (Phi) is 1.67. The largest absolute Gasteiger partial charge is 0.360 e. The maximum atomic E-state index is 12.4. The molecule has 0 fully saturated rings. The fourth-order valence-corrected chi connectivity index (χ4v) is 2.46. The fourth-order valence-electron chi connectivity index (χ4n) is 2.46. The smallest absolute Gasteiger partial charge is 0.198 e. The number of carbonyl (C=O) groups excluding carboxylic acids is 1. The van der Waals surface area contributed by atoms with Gasteiger partial charge in [0.25, 0.3) is 0 Å². The van der Waals surface area contributed by atoms with E-state index in [-0.39, 0.29) is 5.78 Å². The molecule has 0 unspecified atom stereocenters. The first-order valence-corrected chi connectivity index (χ1v) is 5.72. The summed E-state index contributed by atoms with van der Waals surface area (Å²) >= 11 is 0. The molecule has 0 spiro atoms. The zero-order valence-electron chi connectivity index (χ0n) is 9.40. The molecule has 0 saturated heterocycles. The number of benzene rings is 1. The van der Waals surface area contributed by atoms with Crippen LogP contribution in [0.25, 0.3) is 22.6 Å². The van der Waals surface area contributed by atoms with E-state index >= 15 is 0 Å². The van der Waals surface area contributed by atoms with Crippen LogP contribution in [-0.4, -0.2) is 21.0 Å². The van der Waals surface area contributed by atoms with E-state index in [1.807, 2.05) is 42.6 Å². The van der Waals surface area contributed by atoms with E-state index in [1.165, 1.54) is 0 Å². The number of ketones is 1. The molecular formula is C14H9N3O. The van der Waals surface area contributed by atoms with Crippen LogP contribution in [0.2, 0.25) is 0 Å². The summed E-state index contributed by atoms with van der Waals surface area (Å²) in [6.45, 7) is 0. The number of aromatic nitrogens is 3. The van der Waals surface area contributed by atoms with Gasteiger partial charge in [0, 0.05) is 17.3 Å². The van der Waals surface area contributed by atoms with Crippen molar-refractivity contribution in [1.29, 1.82) is 0 Å². The van der Waals surface area contributed by atoms with Gasteiger partial charge in [0.1, 0.15) is 5.69 Å². The zero-order valence-corrected chi connectivity index (χ0v) is 9.40. The Labute approximate surface area is 103 Å². The van der Waals surface area contributed by atoms with Crippen LogP contribution in [0, 0.1) is 0 Å². The van der Waals surface area contributed by atoms with Crippen LogP contribution in [0.4, 0.5) is 0 Å². The van der Waals surface area contributed by atoms with E-state index in [0.717, 1.165) is 28.2 Å². The summed E-state index contributed by atoms with van der Waals surface area (Å²) in [5.74, 6) is 0.0407. The lowest BCUT2D eigenvalue weighted by Crippen LogP contribution is -1.97. The van der Waals surface area contributed by atoms with Crippen LogP contribution in [-0.2, 0) is 0 Å². The lowest BCUT2D eigenvalue weighted by Gasteiger charge is -1.97. The van der Waals surface area contributed by atoms with E-state index in [2.05, 4.69) is 15.2 Å². The highest BCUT2D eigenvalue weighted by Crippen LogP contribution is 2.39. The molecule has 18 heavy (non-hydrogen) atoms. The molecule has 0 bridgehead atoms. The molecule has 86 valence electrons. The first kappa shape index (κ1) is 9.41. The summed E-state index contributed by atoms with van der Waals surface area (Å²) in [6, 6.07) is 11.4. The van der Waals surface area contributed by atoms with Gasteiger partial charge in [-0.05, 0) is 12.1 Å². The van der Waals surface area contributed by atoms with Crippen molar-refractivity contribution in [2.75, 3.05) is 0 Å². The van der Waals surface area contributed by atoms with Gasteiger partial charge in [0.2, 0.25) is 0 Å². The Morgan fingerprint density at radius 3 is 2.61 bits per heavy atom. The molecular weight excluding hydrogens is 226 g/mol. The molecule has 0 atom stereocenters. The highest BCUT2D eigenvalue weighted by molar-refractivity contribution is 6.23. The number of nitrogens with one attached hydrogen (secondary N) is 2. The Bertz CT molecular complexity index is 753. The number of H-pyrrole nitrogens is 2. The Hall–Kier alpha value is -2.62. The maximum absolute atomic E-state index is 12.4. The average molecular weight is 235 g/mol. The van der Waals surface area contributed by atoms with Crippen molar-refractivity contribution in [1.82, 2.24) is 15.2 Å². The second-order valence-corrected chi connectivity index (χ2v) is 4.28. The van der Waals surface area contributed by atoms with Crippen LogP contribution >= 0.6 is 0 Å². The SMILES string of the molecule is O=C1c2ccccc2-c2n[nH]c(-c3ccc[nH]3)c21. The number of fused-ring (bicyclic) bond motifs is 3. The van der Waals surface area contributed by atoms with Gasteiger partial charge in [-0.15, -0.1) is 0 Å². The summed E-state index contributed by atoms with van der Waals surface area (Å²) in [5.41, 5.74) is 4.70. The Morgan fingerprint density at radius 1 is 1.00 bits per heavy atom. The number of nitrogens with zero attached hydrogens (tertiary/aromatic N) is 1. The molecule has 2 N–H and O–H groups in total. The summed E-state index contributed by atoms with van der Waals surface area (Å²) in [7, 11) is 0. The summed E-state index contributed by atoms with van der Waals surface area (Å²) in [4.78, 5) is 15.5. The minimum absolute atomic E-state index is 0.0407. The molecule has 4 nitrogen and oxygen atoms in total. The standard InChI is InChI=1S/C14H9N3O/c18-14-9-5-2-1-4-8(9)12-11(14)13(17-16-12)10-6-3-7-15-10/h1-7,15H,(H,16,17). The maximum Gasteiger partial charge on any atom is 0.198 e. The highest BCUT2D eigenvalue weighted by Gasteiger charge is 2.32. The van der Waals surface area contributed by atoms with Crippen molar-refractivity contribution < 1.29 is 4.79 Å². The van der Waals surface area contributed by atoms with Gasteiger partial charge in [-0.1, -0.05) is 24.3 Å². The second-order valence-electron chi connectivity index (χ2n) is 4.28. The molecule has 1 aliphatic carbocycles. The third-order valence-electron chi connectivity index (χ3n) is 3.29. The number of hydrogen-bond acceptors (Lipinski definition) is 2. The van der Waals surface area contributed by atoms with E-state index in [9.17, 15) is 4.79 Å². The third kappa shape index (κ3) is 1.04. The molecule has 4 heteroatoms. The van der Waals surface area contributed by atoms with Crippen LogP contribution < -0.4 is 0 Å². The van der Waals surface area contributed by atoms with Crippen LogP contribution in [0.3, 0.4) is 0 Å². The number of rotatable bonds is 1. The van der Waals surface area contributed by atoms with E-state index in [0.29, 0.717) is 5.56 Å². The van der Waals surface area contributed by atoms with E-state index in [4.69, 9.17) is 0 Å². The zero-order chi connectivity index (χ0) is 12.1. The van der Waals surface area contributed by atoms with Gasteiger partial charge in [-0.3, -0.25) is 9.89 Å². The lowest BCUT2D eigenvalue weighted by atomic mass is 10.1. The summed E-state index contributed by atoms with van der Waals surface area (Å²) < 4.78 is 0. The number of carbonyl (C=O) groups is 1. The third-order valence-corrected chi connectivity index (χ3v) is 3.29. The van der Waals surface area contributed by atoms with Crippen molar-refractivity contribution in [2.24, 2.45) is 0 Å². The van der Waals surface area contributed by atoms with Crippen LogP contribution in [0.1, 0.15) is 15.9 Å². The van der Waals surface area contributed by atoms with Crippen molar-refractivity contribution in [3.05, 3.63) is 53.7 Å². The predicted molar refractivity (Wildman–Crippen MR) is 67.2 cm³/mol. The molecule has 0 aliphatic heterocycles. The van der Waals surface area contributed by atoms with Gasteiger partial charge in [0.05, 0.1) is 17.0 Å². The molecule has 4 rings (SSSR count). The molecule has 1 aliphatic rings. The van der Waals surface area contributed by atoms with Crippen LogP contribution in [0.5, 0.6) is 0 Å². The summed E-state index contributed by atoms with van der Waals surface area (Å²) in [6.07, 6.45) is 1.83. The fraction of sp³-hybridized carbons (Fsp3) is 0. The number of aromatic amines is 2. The van der Waals surface area contributed by atoms with Crippen molar-refractivity contribution in [3.63, 3.8) is 0 Å². The van der Waals surface area contributed by atoms with Crippen molar-refractivity contribution >= 4 is 5.78 Å². The predicted octanol–water partition coefficient (Wildman–Crippen LogP) is 2.62. The first-order chi connectivity index (χ1) is 8.86. The van der Waals surface area contributed by atoms with Crippen LogP contribution in [0.15, 0.2) is 42.6 Å².